The summed E-state index contributed by atoms with van der Waals surface area (Å²) in [6.45, 7) is 12.8. The lowest BCUT2D eigenvalue weighted by molar-refractivity contribution is -0.0620. The molecule has 0 amide bonds. The average Bonchev–Trinajstić information content (AvgIpc) is 3.25. The van der Waals surface area contributed by atoms with E-state index in [0.29, 0.717) is 5.41 Å². The number of allylic oxidation sites excluding steroid dienone is 1. The molecule has 3 saturated carbocycles. The molecule has 0 heterocycles. The average molecular weight is 521 g/mol. The van der Waals surface area contributed by atoms with E-state index in [1.165, 1.54) is 51.4 Å². The van der Waals surface area contributed by atoms with E-state index in [-0.39, 0.29) is 18.1 Å². The lowest BCUT2D eigenvalue weighted by atomic mass is 9.47. The first-order chi connectivity index (χ1) is 18.2. The van der Waals surface area contributed by atoms with Crippen molar-refractivity contribution in [2.75, 3.05) is 0 Å². The van der Waals surface area contributed by atoms with Gasteiger partial charge >= 0.3 is 6.16 Å². The maximum absolute atomic E-state index is 12.4. The molecule has 4 aliphatic carbocycles. The highest BCUT2D eigenvalue weighted by atomic mass is 16.7. The summed E-state index contributed by atoms with van der Waals surface area (Å²) in [7, 11) is 0. The van der Waals surface area contributed by atoms with Gasteiger partial charge in [0.1, 0.15) is 12.7 Å². The maximum Gasteiger partial charge on any atom is 0.508 e. The van der Waals surface area contributed by atoms with Gasteiger partial charge in [0.15, 0.2) is 0 Å². The summed E-state index contributed by atoms with van der Waals surface area (Å²) in [5, 5.41) is 0. The van der Waals surface area contributed by atoms with Crippen molar-refractivity contribution < 1.29 is 14.3 Å². The van der Waals surface area contributed by atoms with E-state index in [1.54, 1.807) is 5.57 Å². The van der Waals surface area contributed by atoms with Crippen LogP contribution in [0.1, 0.15) is 111 Å². The molecule has 0 bridgehead atoms. The second kappa shape index (κ2) is 11.4. The van der Waals surface area contributed by atoms with E-state index < -0.39 is 6.16 Å². The third kappa shape index (κ3) is 5.46. The van der Waals surface area contributed by atoms with Crippen molar-refractivity contribution in [1.82, 2.24) is 0 Å². The number of rotatable bonds is 8. The molecule has 3 heteroatoms. The summed E-state index contributed by atoms with van der Waals surface area (Å²) in [5.41, 5.74) is 3.36. The minimum Gasteiger partial charge on any atom is -0.431 e. The van der Waals surface area contributed by atoms with Crippen LogP contribution in [0.3, 0.4) is 0 Å². The number of hydrogen-bond acceptors (Lipinski definition) is 3. The van der Waals surface area contributed by atoms with Gasteiger partial charge in [0.2, 0.25) is 0 Å². The molecule has 1 aromatic rings. The third-order valence-corrected chi connectivity index (χ3v) is 11.7. The first-order valence-electron chi connectivity index (χ1n) is 15.8. The number of hydrogen-bond donors (Lipinski definition) is 0. The zero-order valence-electron chi connectivity index (χ0n) is 24.7. The molecule has 38 heavy (non-hydrogen) atoms. The molecule has 3 nitrogen and oxygen atoms in total. The Morgan fingerprint density at radius 3 is 2.53 bits per heavy atom. The fourth-order valence-electron chi connectivity index (χ4n) is 9.64. The molecule has 0 spiro atoms. The van der Waals surface area contributed by atoms with Crippen molar-refractivity contribution in [3.63, 3.8) is 0 Å². The molecule has 0 N–H and O–H groups in total. The Balaban J connectivity index is 1.19. The largest absolute Gasteiger partial charge is 0.508 e. The van der Waals surface area contributed by atoms with Gasteiger partial charge in [-0.05, 0) is 96.8 Å². The molecule has 0 saturated heterocycles. The van der Waals surface area contributed by atoms with E-state index >= 15 is 0 Å². The van der Waals surface area contributed by atoms with Crippen LogP contribution in [-0.2, 0) is 16.1 Å². The van der Waals surface area contributed by atoms with Crippen molar-refractivity contribution in [2.45, 2.75) is 118 Å². The van der Waals surface area contributed by atoms with Crippen LogP contribution in [0.25, 0.3) is 0 Å². The van der Waals surface area contributed by atoms with Gasteiger partial charge in [-0.3, -0.25) is 0 Å². The van der Waals surface area contributed by atoms with E-state index in [0.717, 1.165) is 60.3 Å². The fraction of sp³-hybridized carbons (Fsp3) is 0.743. The standard InChI is InChI=1S/C35H52O3/c1-24(2)10-9-11-25(3)30-16-17-31-29-15-14-27-22-28(38-33(36)37-23-26-12-7-6-8-13-26)18-20-34(27,4)32(29)19-21-35(30,31)5/h6-8,12-14,24-25,28-32H,9-11,15-23H2,1-5H3/t25-,28+,29-,30+,31-,32-,34+,35+/m1/s1. The van der Waals surface area contributed by atoms with E-state index in [1.807, 2.05) is 30.3 Å². The van der Waals surface area contributed by atoms with Gasteiger partial charge in [-0.1, -0.05) is 95.9 Å². The molecule has 1 aromatic carbocycles. The van der Waals surface area contributed by atoms with Crippen LogP contribution in [0.2, 0.25) is 0 Å². The quantitative estimate of drug-likeness (QED) is 0.253. The molecule has 0 aliphatic heterocycles. The molecule has 210 valence electrons. The molecule has 5 rings (SSSR count). The van der Waals surface area contributed by atoms with E-state index in [9.17, 15) is 4.79 Å². The Hall–Kier alpha value is -1.77. The van der Waals surface area contributed by atoms with Gasteiger partial charge in [-0.2, -0.15) is 0 Å². The summed E-state index contributed by atoms with van der Waals surface area (Å²) < 4.78 is 11.2. The smallest absolute Gasteiger partial charge is 0.431 e. The SMILES string of the molecule is CC(C)CCC[C@@H](C)[C@@H]1CC[C@@H]2[C@H]3CC=C4C[C@@H](OC(=O)OCc5ccccc5)CC[C@]4(C)[C@@H]3CC[C@]21C. The molecule has 4 aliphatic rings. The van der Waals surface area contributed by atoms with Crippen molar-refractivity contribution in [2.24, 2.45) is 46.3 Å². The lowest BCUT2D eigenvalue weighted by Gasteiger charge is -2.58. The van der Waals surface area contributed by atoms with Crippen LogP contribution in [0, 0.1) is 46.3 Å². The van der Waals surface area contributed by atoms with Crippen molar-refractivity contribution in [3.05, 3.63) is 47.5 Å². The summed E-state index contributed by atoms with van der Waals surface area (Å²) in [5.74, 6) is 5.11. The van der Waals surface area contributed by atoms with Crippen LogP contribution >= 0.6 is 0 Å². The first-order valence-corrected chi connectivity index (χ1v) is 15.8. The summed E-state index contributed by atoms with van der Waals surface area (Å²) in [4.78, 5) is 12.4. The topological polar surface area (TPSA) is 35.5 Å². The van der Waals surface area contributed by atoms with Crippen LogP contribution in [0.15, 0.2) is 42.0 Å². The molecular weight excluding hydrogens is 468 g/mol. The number of carbonyl (C=O) groups excluding carboxylic acids is 1. The normalized spacial score (nSPS) is 37.0. The van der Waals surface area contributed by atoms with Crippen molar-refractivity contribution in [1.29, 1.82) is 0 Å². The zero-order valence-corrected chi connectivity index (χ0v) is 24.7. The van der Waals surface area contributed by atoms with E-state index in [2.05, 4.69) is 40.7 Å². The molecule has 0 radical (unpaired) electrons. The highest BCUT2D eigenvalue weighted by Crippen LogP contribution is 2.67. The predicted octanol–water partition coefficient (Wildman–Crippen LogP) is 9.75. The summed E-state index contributed by atoms with van der Waals surface area (Å²) in [6.07, 6.45) is 16.1. The van der Waals surface area contributed by atoms with Crippen molar-refractivity contribution >= 4 is 6.16 Å². The third-order valence-electron chi connectivity index (χ3n) is 11.7. The number of ether oxygens (including phenoxy) is 2. The van der Waals surface area contributed by atoms with Gasteiger partial charge in [0.25, 0.3) is 0 Å². The molecule has 8 atom stereocenters. The van der Waals surface area contributed by atoms with Crippen LogP contribution < -0.4 is 0 Å². The second-order valence-electron chi connectivity index (χ2n) is 14.3. The zero-order chi connectivity index (χ0) is 26.9. The Labute approximate surface area is 232 Å². The fourth-order valence-corrected chi connectivity index (χ4v) is 9.64. The summed E-state index contributed by atoms with van der Waals surface area (Å²) >= 11 is 0. The lowest BCUT2D eigenvalue weighted by Crippen LogP contribution is -2.51. The Bertz CT molecular complexity index is 982. The maximum atomic E-state index is 12.4. The Morgan fingerprint density at radius 2 is 1.76 bits per heavy atom. The van der Waals surface area contributed by atoms with Crippen LogP contribution in [0.5, 0.6) is 0 Å². The number of carbonyl (C=O) groups is 1. The first kappa shape index (κ1) is 27.8. The molecule has 3 fully saturated rings. The van der Waals surface area contributed by atoms with Gasteiger partial charge in [0, 0.05) is 6.42 Å². The minimum atomic E-state index is -0.523. The van der Waals surface area contributed by atoms with Crippen molar-refractivity contribution in [3.8, 4) is 0 Å². The molecule has 0 aromatic heterocycles. The monoisotopic (exact) mass is 520 g/mol. The Kier molecular flexibility index (Phi) is 8.32. The Morgan fingerprint density at radius 1 is 0.974 bits per heavy atom. The highest BCUT2D eigenvalue weighted by Gasteiger charge is 2.59. The number of benzene rings is 1. The van der Waals surface area contributed by atoms with Gasteiger partial charge in [-0.25, -0.2) is 4.79 Å². The summed E-state index contributed by atoms with van der Waals surface area (Å²) in [6, 6.07) is 9.83. The highest BCUT2D eigenvalue weighted by molar-refractivity contribution is 5.60. The van der Waals surface area contributed by atoms with Crippen LogP contribution in [-0.4, -0.2) is 12.3 Å². The second-order valence-corrected chi connectivity index (χ2v) is 14.3. The van der Waals surface area contributed by atoms with Crippen LogP contribution in [0.4, 0.5) is 4.79 Å². The van der Waals surface area contributed by atoms with Gasteiger partial charge in [-0.15, -0.1) is 0 Å². The number of fused-ring (bicyclic) bond motifs is 5. The van der Waals surface area contributed by atoms with E-state index in [4.69, 9.17) is 9.47 Å². The molecule has 0 unspecified atom stereocenters. The van der Waals surface area contributed by atoms with Gasteiger partial charge in [0.05, 0.1) is 0 Å². The predicted molar refractivity (Wildman–Crippen MR) is 155 cm³/mol. The molecular formula is C35H52O3. The van der Waals surface area contributed by atoms with Gasteiger partial charge < -0.3 is 9.47 Å². The minimum absolute atomic E-state index is 0.0504.